The van der Waals surface area contributed by atoms with E-state index in [4.69, 9.17) is 5.11 Å². The summed E-state index contributed by atoms with van der Waals surface area (Å²) in [4.78, 5) is 17.2. The molecule has 1 aromatic heterocycles. The molecule has 94 valence electrons. The zero-order valence-electron chi connectivity index (χ0n) is 10.7. The minimum Gasteiger partial charge on any atom is -0.481 e. The Labute approximate surface area is 102 Å². The van der Waals surface area contributed by atoms with Crippen LogP contribution in [0.15, 0.2) is 18.2 Å². The van der Waals surface area contributed by atoms with Crippen LogP contribution in [0, 0.1) is 6.92 Å². The number of aromatic nitrogens is 1. The van der Waals surface area contributed by atoms with Gasteiger partial charge in [-0.1, -0.05) is 13.0 Å². The van der Waals surface area contributed by atoms with Gasteiger partial charge in [-0.25, -0.2) is 0 Å². The van der Waals surface area contributed by atoms with Crippen molar-refractivity contribution in [2.75, 3.05) is 7.05 Å². The standard InChI is InChI=1S/C13H20N2O2/c1-4-12(8-13(16)17)15(3)9-11-7-5-6-10(2)14-11/h5-7,12H,4,8-9H2,1-3H3,(H,16,17). The van der Waals surface area contributed by atoms with Gasteiger partial charge >= 0.3 is 5.97 Å². The van der Waals surface area contributed by atoms with E-state index in [9.17, 15) is 4.79 Å². The second-order valence-corrected chi connectivity index (χ2v) is 4.35. The number of rotatable bonds is 6. The van der Waals surface area contributed by atoms with Gasteiger partial charge in [0, 0.05) is 18.3 Å². The summed E-state index contributed by atoms with van der Waals surface area (Å²) < 4.78 is 0. The highest BCUT2D eigenvalue weighted by atomic mass is 16.4. The SMILES string of the molecule is CCC(CC(=O)O)N(C)Cc1cccc(C)n1. The van der Waals surface area contributed by atoms with Crippen LogP contribution in [0.2, 0.25) is 0 Å². The van der Waals surface area contributed by atoms with Gasteiger partial charge in [-0.2, -0.15) is 0 Å². The highest BCUT2D eigenvalue weighted by Gasteiger charge is 2.16. The molecule has 1 N–H and O–H groups in total. The van der Waals surface area contributed by atoms with Crippen LogP contribution in [0.5, 0.6) is 0 Å². The van der Waals surface area contributed by atoms with Crippen LogP contribution in [0.1, 0.15) is 31.2 Å². The largest absolute Gasteiger partial charge is 0.481 e. The average molecular weight is 236 g/mol. The highest BCUT2D eigenvalue weighted by molar-refractivity contribution is 5.67. The van der Waals surface area contributed by atoms with Gasteiger partial charge in [-0.3, -0.25) is 14.7 Å². The lowest BCUT2D eigenvalue weighted by molar-refractivity contribution is -0.138. The smallest absolute Gasteiger partial charge is 0.304 e. The molecule has 17 heavy (non-hydrogen) atoms. The number of carboxylic acid groups (broad SMARTS) is 1. The minimum atomic E-state index is -0.749. The minimum absolute atomic E-state index is 0.0646. The van der Waals surface area contributed by atoms with Gasteiger partial charge in [0.15, 0.2) is 0 Å². The van der Waals surface area contributed by atoms with Crippen molar-refractivity contribution in [3.05, 3.63) is 29.6 Å². The molecule has 4 nitrogen and oxygen atoms in total. The first-order chi connectivity index (χ1) is 8.02. The number of hydrogen-bond acceptors (Lipinski definition) is 3. The van der Waals surface area contributed by atoms with Gasteiger partial charge in [0.25, 0.3) is 0 Å². The molecule has 1 atom stereocenters. The topological polar surface area (TPSA) is 53.4 Å². The van der Waals surface area contributed by atoms with Crippen LogP contribution in [-0.2, 0) is 11.3 Å². The molecule has 0 aliphatic rings. The first-order valence-corrected chi connectivity index (χ1v) is 5.87. The van der Waals surface area contributed by atoms with Crippen LogP contribution >= 0.6 is 0 Å². The van der Waals surface area contributed by atoms with Crippen LogP contribution in [0.25, 0.3) is 0 Å². The fourth-order valence-corrected chi connectivity index (χ4v) is 1.89. The molecule has 1 unspecified atom stereocenters. The Morgan fingerprint density at radius 3 is 2.76 bits per heavy atom. The van der Waals surface area contributed by atoms with E-state index in [1.54, 1.807) is 0 Å². The highest BCUT2D eigenvalue weighted by Crippen LogP contribution is 2.10. The van der Waals surface area contributed by atoms with Gasteiger partial charge in [0.1, 0.15) is 0 Å². The Morgan fingerprint density at radius 2 is 2.24 bits per heavy atom. The zero-order chi connectivity index (χ0) is 12.8. The molecule has 4 heteroatoms. The van der Waals surface area contributed by atoms with Crippen molar-refractivity contribution in [1.29, 1.82) is 0 Å². The van der Waals surface area contributed by atoms with Crippen molar-refractivity contribution in [3.63, 3.8) is 0 Å². The number of aryl methyl sites for hydroxylation is 1. The first-order valence-electron chi connectivity index (χ1n) is 5.87. The average Bonchev–Trinajstić information content (AvgIpc) is 2.25. The number of pyridine rings is 1. The molecular weight excluding hydrogens is 216 g/mol. The summed E-state index contributed by atoms with van der Waals surface area (Å²) in [5.41, 5.74) is 1.97. The molecule has 0 bridgehead atoms. The lowest BCUT2D eigenvalue weighted by atomic mass is 10.1. The summed E-state index contributed by atoms with van der Waals surface area (Å²) in [7, 11) is 1.95. The predicted molar refractivity (Wildman–Crippen MR) is 66.8 cm³/mol. The van der Waals surface area contributed by atoms with E-state index in [2.05, 4.69) is 9.88 Å². The number of aliphatic carboxylic acids is 1. The Kier molecular flexibility index (Phi) is 5.10. The maximum atomic E-state index is 10.7. The summed E-state index contributed by atoms with van der Waals surface area (Å²) in [5, 5.41) is 8.83. The van der Waals surface area contributed by atoms with Crippen molar-refractivity contribution >= 4 is 5.97 Å². The summed E-state index contributed by atoms with van der Waals surface area (Å²) in [5.74, 6) is -0.749. The summed E-state index contributed by atoms with van der Waals surface area (Å²) in [6, 6.07) is 5.97. The predicted octanol–water partition coefficient (Wildman–Crippen LogP) is 2.08. The fourth-order valence-electron chi connectivity index (χ4n) is 1.89. The van der Waals surface area contributed by atoms with Gasteiger partial charge in [0.2, 0.25) is 0 Å². The molecule has 0 saturated heterocycles. The second kappa shape index (κ2) is 6.35. The summed E-state index contributed by atoms with van der Waals surface area (Å²) in [6.45, 7) is 4.65. The van der Waals surface area contributed by atoms with E-state index in [-0.39, 0.29) is 12.5 Å². The molecule has 0 spiro atoms. The molecule has 0 radical (unpaired) electrons. The number of nitrogens with zero attached hydrogens (tertiary/aromatic N) is 2. The fraction of sp³-hybridized carbons (Fsp3) is 0.538. The number of carboxylic acids is 1. The normalized spacial score (nSPS) is 12.7. The molecule has 0 aromatic carbocycles. The Balaban J connectivity index is 2.63. The van der Waals surface area contributed by atoms with Crippen LogP contribution < -0.4 is 0 Å². The second-order valence-electron chi connectivity index (χ2n) is 4.35. The van der Waals surface area contributed by atoms with E-state index < -0.39 is 5.97 Å². The van der Waals surface area contributed by atoms with E-state index in [1.807, 2.05) is 39.1 Å². The quantitative estimate of drug-likeness (QED) is 0.821. The maximum absolute atomic E-state index is 10.7. The van der Waals surface area contributed by atoms with Gasteiger partial charge in [-0.05, 0) is 32.5 Å². The molecule has 0 amide bonds. The lowest BCUT2D eigenvalue weighted by Crippen LogP contribution is -2.33. The van der Waals surface area contributed by atoms with Gasteiger partial charge in [0.05, 0.1) is 12.1 Å². The van der Waals surface area contributed by atoms with E-state index in [0.29, 0.717) is 6.54 Å². The molecule has 0 saturated carbocycles. The van der Waals surface area contributed by atoms with Crippen LogP contribution in [0.4, 0.5) is 0 Å². The van der Waals surface area contributed by atoms with Gasteiger partial charge < -0.3 is 5.11 Å². The van der Waals surface area contributed by atoms with E-state index >= 15 is 0 Å². The molecule has 0 aliphatic carbocycles. The Morgan fingerprint density at radius 1 is 1.53 bits per heavy atom. The first kappa shape index (κ1) is 13.6. The van der Waals surface area contributed by atoms with Crippen molar-refractivity contribution in [2.45, 2.75) is 39.3 Å². The van der Waals surface area contributed by atoms with E-state index in [1.165, 1.54) is 0 Å². The zero-order valence-corrected chi connectivity index (χ0v) is 10.7. The molecule has 1 heterocycles. The lowest BCUT2D eigenvalue weighted by Gasteiger charge is -2.25. The Bertz CT molecular complexity index is 379. The monoisotopic (exact) mass is 236 g/mol. The summed E-state index contributed by atoms with van der Waals surface area (Å²) in [6.07, 6.45) is 1.01. The van der Waals surface area contributed by atoms with Crippen LogP contribution in [0.3, 0.4) is 0 Å². The third-order valence-corrected chi connectivity index (χ3v) is 2.86. The third kappa shape index (κ3) is 4.53. The molecule has 0 fully saturated rings. The molecule has 0 aliphatic heterocycles. The van der Waals surface area contributed by atoms with Gasteiger partial charge in [-0.15, -0.1) is 0 Å². The van der Waals surface area contributed by atoms with Crippen LogP contribution in [-0.4, -0.2) is 34.0 Å². The number of carbonyl (C=O) groups is 1. The third-order valence-electron chi connectivity index (χ3n) is 2.86. The summed E-state index contributed by atoms with van der Waals surface area (Å²) >= 11 is 0. The molecular formula is C13H20N2O2. The molecule has 1 rings (SSSR count). The Hall–Kier alpha value is -1.42. The molecule has 1 aromatic rings. The van der Waals surface area contributed by atoms with Crippen molar-refractivity contribution in [2.24, 2.45) is 0 Å². The van der Waals surface area contributed by atoms with Crippen molar-refractivity contribution < 1.29 is 9.90 Å². The van der Waals surface area contributed by atoms with E-state index in [0.717, 1.165) is 17.8 Å². The maximum Gasteiger partial charge on any atom is 0.304 e. The number of hydrogen-bond donors (Lipinski definition) is 1. The van der Waals surface area contributed by atoms with Crippen molar-refractivity contribution in [3.8, 4) is 0 Å². The van der Waals surface area contributed by atoms with Crippen molar-refractivity contribution in [1.82, 2.24) is 9.88 Å².